The maximum Gasteiger partial charge on any atom is 0.222 e. The lowest BCUT2D eigenvalue weighted by molar-refractivity contribution is -0.122. The largest absolute Gasteiger partial charge is 0.384 e. The zero-order valence-corrected chi connectivity index (χ0v) is 9.83. The van der Waals surface area contributed by atoms with E-state index in [4.69, 9.17) is 10.5 Å². The third kappa shape index (κ3) is 4.50. The monoisotopic (exact) mass is 240 g/mol. The van der Waals surface area contributed by atoms with E-state index >= 15 is 0 Å². The predicted molar refractivity (Wildman–Crippen MR) is 62.6 cm³/mol. The van der Waals surface area contributed by atoms with Gasteiger partial charge in [0.05, 0.1) is 6.61 Å². The Morgan fingerprint density at radius 3 is 2.88 bits per heavy atom. The first-order chi connectivity index (χ1) is 8.17. The summed E-state index contributed by atoms with van der Waals surface area (Å²) in [5.74, 6) is -0.505. The third-order valence-electron chi connectivity index (χ3n) is 2.36. The second-order valence-corrected chi connectivity index (χ2v) is 3.65. The molecule has 0 aliphatic rings. The van der Waals surface area contributed by atoms with Crippen LogP contribution >= 0.6 is 0 Å². The fourth-order valence-electron chi connectivity index (χ4n) is 1.34. The summed E-state index contributed by atoms with van der Waals surface area (Å²) in [5, 5.41) is 2.62. The number of rotatable bonds is 6. The molecule has 1 aromatic carbocycles. The van der Waals surface area contributed by atoms with Crippen LogP contribution in [0.1, 0.15) is 17.5 Å². The molecule has 0 saturated carbocycles. The first-order valence-corrected chi connectivity index (χ1v) is 5.40. The molecule has 0 unspecified atom stereocenters. The van der Waals surface area contributed by atoms with Crippen LogP contribution in [0.25, 0.3) is 0 Å². The molecule has 94 valence electrons. The van der Waals surface area contributed by atoms with Crippen LogP contribution < -0.4 is 11.1 Å². The van der Waals surface area contributed by atoms with E-state index in [1.165, 1.54) is 13.2 Å². The normalized spacial score (nSPS) is 10.3. The van der Waals surface area contributed by atoms with Gasteiger partial charge in [-0.15, -0.1) is 0 Å². The molecule has 1 amide bonds. The number of halogens is 1. The lowest BCUT2D eigenvalue weighted by atomic mass is 10.1. The molecule has 17 heavy (non-hydrogen) atoms. The highest BCUT2D eigenvalue weighted by molar-refractivity contribution is 5.75. The summed E-state index contributed by atoms with van der Waals surface area (Å²) in [5.41, 5.74) is 6.58. The third-order valence-corrected chi connectivity index (χ3v) is 2.36. The Bertz CT molecular complexity index is 383. The van der Waals surface area contributed by atoms with Crippen molar-refractivity contribution in [1.29, 1.82) is 0 Å². The van der Waals surface area contributed by atoms with Gasteiger partial charge in [0.25, 0.3) is 0 Å². The van der Waals surface area contributed by atoms with E-state index in [0.717, 1.165) is 5.56 Å². The van der Waals surface area contributed by atoms with E-state index in [-0.39, 0.29) is 24.7 Å². The Labute approximate surface area is 100.0 Å². The second kappa shape index (κ2) is 6.98. The van der Waals surface area contributed by atoms with Crippen molar-refractivity contribution in [3.8, 4) is 0 Å². The molecule has 0 aromatic heterocycles. The number of benzene rings is 1. The number of methoxy groups -OCH3 is 1. The number of nitrogens with one attached hydrogen (secondary N) is 1. The molecule has 0 radical (unpaired) electrons. The lowest BCUT2D eigenvalue weighted by Gasteiger charge is -2.07. The molecular weight excluding hydrogens is 223 g/mol. The molecule has 0 fully saturated rings. The molecule has 0 saturated heterocycles. The number of carbonyl (C=O) groups is 1. The Balaban J connectivity index is 2.49. The first kappa shape index (κ1) is 13.6. The number of amides is 1. The van der Waals surface area contributed by atoms with Crippen LogP contribution in [0.4, 0.5) is 4.39 Å². The van der Waals surface area contributed by atoms with Gasteiger partial charge in [-0.3, -0.25) is 4.79 Å². The van der Waals surface area contributed by atoms with E-state index in [2.05, 4.69) is 5.32 Å². The predicted octanol–water partition coefficient (Wildman–Crippen LogP) is 0.937. The number of hydrogen-bond acceptors (Lipinski definition) is 3. The van der Waals surface area contributed by atoms with Crippen LogP contribution in [0.15, 0.2) is 18.2 Å². The van der Waals surface area contributed by atoms with Gasteiger partial charge in [0.15, 0.2) is 0 Å². The maximum atomic E-state index is 13.5. The minimum Gasteiger partial charge on any atom is -0.384 e. The minimum atomic E-state index is -0.347. The van der Waals surface area contributed by atoms with Gasteiger partial charge < -0.3 is 15.8 Å². The summed E-state index contributed by atoms with van der Waals surface area (Å²) in [4.78, 5) is 11.3. The lowest BCUT2D eigenvalue weighted by Crippen LogP contribution is -2.24. The van der Waals surface area contributed by atoms with Gasteiger partial charge in [-0.25, -0.2) is 4.39 Å². The highest BCUT2D eigenvalue weighted by atomic mass is 19.1. The summed E-state index contributed by atoms with van der Waals surface area (Å²) in [7, 11) is 1.53. The molecule has 1 aromatic rings. The fraction of sp³-hybridized carbons (Fsp3) is 0.417. The van der Waals surface area contributed by atoms with Crippen molar-refractivity contribution in [2.75, 3.05) is 13.7 Å². The summed E-state index contributed by atoms with van der Waals surface area (Å²) < 4.78 is 18.3. The average molecular weight is 240 g/mol. The maximum absolute atomic E-state index is 13.5. The van der Waals surface area contributed by atoms with E-state index in [1.807, 2.05) is 0 Å². The van der Waals surface area contributed by atoms with Gasteiger partial charge >= 0.3 is 0 Å². The standard InChI is InChI=1S/C12H17FN2O2/c1-17-5-4-12(16)15-8-10-3-2-9(7-14)6-11(10)13/h2-3,6H,4-5,7-8,14H2,1H3,(H,15,16). The zero-order valence-electron chi connectivity index (χ0n) is 9.83. The molecule has 0 heterocycles. The van der Waals surface area contributed by atoms with Gasteiger partial charge in [0.1, 0.15) is 5.82 Å². The summed E-state index contributed by atoms with van der Waals surface area (Å²) in [6.07, 6.45) is 0.277. The molecule has 0 aliphatic heterocycles. The molecule has 4 nitrogen and oxygen atoms in total. The van der Waals surface area contributed by atoms with Crippen LogP contribution in [0, 0.1) is 5.82 Å². The van der Waals surface area contributed by atoms with Crippen LogP contribution in [-0.2, 0) is 22.6 Å². The quantitative estimate of drug-likeness (QED) is 0.777. The van der Waals surface area contributed by atoms with Crippen LogP contribution in [0.2, 0.25) is 0 Å². The van der Waals surface area contributed by atoms with Crippen LogP contribution in [-0.4, -0.2) is 19.6 Å². The molecular formula is C12H17FN2O2. The Morgan fingerprint density at radius 2 is 2.29 bits per heavy atom. The van der Waals surface area contributed by atoms with Crippen molar-refractivity contribution in [2.24, 2.45) is 5.73 Å². The van der Waals surface area contributed by atoms with Crippen molar-refractivity contribution >= 4 is 5.91 Å². The number of ether oxygens (including phenoxy) is 1. The first-order valence-electron chi connectivity index (χ1n) is 5.40. The number of hydrogen-bond donors (Lipinski definition) is 2. The van der Waals surface area contributed by atoms with Gasteiger partial charge in [-0.05, 0) is 11.6 Å². The van der Waals surface area contributed by atoms with Gasteiger partial charge in [-0.1, -0.05) is 12.1 Å². The van der Waals surface area contributed by atoms with Crippen molar-refractivity contribution in [3.05, 3.63) is 35.1 Å². The summed E-state index contributed by atoms with van der Waals surface area (Å²) in [6.45, 7) is 0.844. The van der Waals surface area contributed by atoms with Crippen molar-refractivity contribution in [3.63, 3.8) is 0 Å². The van der Waals surface area contributed by atoms with E-state index in [1.54, 1.807) is 12.1 Å². The molecule has 3 N–H and O–H groups in total. The fourth-order valence-corrected chi connectivity index (χ4v) is 1.34. The number of carbonyl (C=O) groups excluding carboxylic acids is 1. The van der Waals surface area contributed by atoms with Crippen LogP contribution in [0.3, 0.4) is 0 Å². The highest BCUT2D eigenvalue weighted by Gasteiger charge is 2.05. The molecule has 0 bridgehead atoms. The average Bonchev–Trinajstić information content (AvgIpc) is 2.34. The van der Waals surface area contributed by atoms with Gasteiger partial charge in [0, 0.05) is 32.2 Å². The second-order valence-electron chi connectivity index (χ2n) is 3.65. The summed E-state index contributed by atoms with van der Waals surface area (Å²) in [6, 6.07) is 4.77. The van der Waals surface area contributed by atoms with Crippen molar-refractivity contribution in [2.45, 2.75) is 19.5 Å². The van der Waals surface area contributed by atoms with E-state index in [9.17, 15) is 9.18 Å². The minimum absolute atomic E-state index is 0.158. The van der Waals surface area contributed by atoms with Crippen molar-refractivity contribution in [1.82, 2.24) is 5.32 Å². The highest BCUT2D eigenvalue weighted by Crippen LogP contribution is 2.09. The Morgan fingerprint density at radius 1 is 1.53 bits per heavy atom. The molecule has 1 rings (SSSR count). The van der Waals surface area contributed by atoms with Crippen molar-refractivity contribution < 1.29 is 13.9 Å². The molecule has 5 heteroatoms. The Kier molecular flexibility index (Phi) is 5.59. The smallest absolute Gasteiger partial charge is 0.222 e. The molecule has 0 spiro atoms. The molecule has 0 atom stereocenters. The van der Waals surface area contributed by atoms with E-state index in [0.29, 0.717) is 18.7 Å². The number of nitrogens with two attached hydrogens (primary N) is 1. The van der Waals surface area contributed by atoms with Crippen LogP contribution in [0.5, 0.6) is 0 Å². The van der Waals surface area contributed by atoms with Gasteiger partial charge in [0.2, 0.25) is 5.91 Å². The topological polar surface area (TPSA) is 64.3 Å². The molecule has 0 aliphatic carbocycles. The SMILES string of the molecule is COCCC(=O)NCc1ccc(CN)cc1F. The van der Waals surface area contributed by atoms with E-state index < -0.39 is 0 Å². The Hall–Kier alpha value is -1.46. The van der Waals surface area contributed by atoms with Gasteiger partial charge in [-0.2, -0.15) is 0 Å². The zero-order chi connectivity index (χ0) is 12.7. The summed E-state index contributed by atoms with van der Waals surface area (Å²) >= 11 is 0.